The Morgan fingerprint density at radius 2 is 1.83 bits per heavy atom. The van der Waals surface area contributed by atoms with Crippen molar-refractivity contribution >= 4 is 24.1 Å². The Morgan fingerprint density at radius 1 is 1.14 bits per heavy atom. The summed E-state index contributed by atoms with van der Waals surface area (Å²) in [6.45, 7) is 11.7. The highest BCUT2D eigenvalue weighted by Gasteiger charge is 2.26. The molecule has 0 unspecified atom stereocenters. The summed E-state index contributed by atoms with van der Waals surface area (Å²) in [5.41, 5.74) is 5.45. The molecule has 1 aliphatic heterocycles. The molecule has 1 saturated heterocycles. The molecule has 4 rings (SSSR count). The lowest BCUT2D eigenvalue weighted by atomic mass is 9.91. The second-order valence-corrected chi connectivity index (χ2v) is 9.62. The number of nitrogens with zero attached hydrogens (tertiary/aromatic N) is 3. The maximum Gasteiger partial charge on any atom is 0.236 e. The van der Waals surface area contributed by atoms with Crippen molar-refractivity contribution in [1.82, 2.24) is 14.7 Å². The van der Waals surface area contributed by atoms with Crippen LogP contribution in [0.5, 0.6) is 5.88 Å². The summed E-state index contributed by atoms with van der Waals surface area (Å²) < 4.78 is 21.6. The fraction of sp³-hybridized carbons (Fsp3) is 0.333. The Morgan fingerprint density at radius 3 is 2.50 bits per heavy atom. The molecule has 5 nitrogen and oxygen atoms in total. The number of carbonyl (C=O) groups is 1. The fourth-order valence-corrected chi connectivity index (χ4v) is 4.66. The zero-order chi connectivity index (χ0) is 25.8. The quantitative estimate of drug-likeness (QED) is 0.513. The van der Waals surface area contributed by atoms with Crippen molar-refractivity contribution in [2.75, 3.05) is 13.1 Å². The van der Waals surface area contributed by atoms with Crippen molar-refractivity contribution in [2.24, 2.45) is 7.05 Å². The van der Waals surface area contributed by atoms with Gasteiger partial charge in [-0.3, -0.25) is 9.48 Å². The van der Waals surface area contributed by atoms with E-state index in [4.69, 9.17) is 4.74 Å². The molecule has 0 N–H and O–H groups in total. The first-order valence-electron chi connectivity index (χ1n) is 12.4. The van der Waals surface area contributed by atoms with Crippen molar-refractivity contribution in [1.29, 1.82) is 0 Å². The number of carbonyl (C=O) groups excluding carboxylic acids is 1. The molecule has 0 atom stereocenters. The molecule has 36 heavy (non-hydrogen) atoms. The van der Waals surface area contributed by atoms with Gasteiger partial charge in [0.2, 0.25) is 11.8 Å². The third-order valence-corrected chi connectivity index (χ3v) is 7.04. The van der Waals surface area contributed by atoms with Crippen LogP contribution in [0.25, 0.3) is 18.2 Å². The highest BCUT2D eigenvalue weighted by Crippen LogP contribution is 2.34. The van der Waals surface area contributed by atoms with Crippen LogP contribution in [-0.4, -0.2) is 33.7 Å². The SMILES string of the molecule is C=c1ccc(F)c/c1=C/C(C)=C(\C)c1ccc(COc2nn(C)cc2C2CCN(C(C)=O)CC2)cc1. The molecule has 0 spiro atoms. The van der Waals surface area contributed by atoms with Gasteiger partial charge < -0.3 is 9.64 Å². The van der Waals surface area contributed by atoms with E-state index in [1.807, 2.05) is 31.1 Å². The van der Waals surface area contributed by atoms with Crippen LogP contribution in [0.4, 0.5) is 4.39 Å². The lowest BCUT2D eigenvalue weighted by molar-refractivity contribution is -0.129. The van der Waals surface area contributed by atoms with Crippen LogP contribution in [0.2, 0.25) is 0 Å². The molecule has 1 aliphatic rings. The number of allylic oxidation sites excluding steroid dienone is 2. The first kappa shape index (κ1) is 25.4. The Kier molecular flexibility index (Phi) is 7.73. The zero-order valence-corrected chi connectivity index (χ0v) is 21.6. The molecule has 1 fully saturated rings. The van der Waals surface area contributed by atoms with Crippen LogP contribution >= 0.6 is 0 Å². The Hall–Kier alpha value is -3.67. The maximum absolute atomic E-state index is 13.6. The van der Waals surface area contributed by atoms with Crippen molar-refractivity contribution in [3.8, 4) is 5.88 Å². The number of aromatic nitrogens is 2. The molecule has 1 amide bonds. The third kappa shape index (κ3) is 5.93. The average molecular weight is 488 g/mol. The number of halogens is 1. The van der Waals surface area contributed by atoms with Crippen molar-refractivity contribution in [3.05, 3.63) is 87.2 Å². The van der Waals surface area contributed by atoms with Gasteiger partial charge in [0.25, 0.3) is 0 Å². The molecule has 2 aromatic carbocycles. The molecule has 0 saturated carbocycles. The average Bonchev–Trinajstić information content (AvgIpc) is 3.25. The summed E-state index contributed by atoms with van der Waals surface area (Å²) in [6.07, 6.45) is 5.85. The summed E-state index contributed by atoms with van der Waals surface area (Å²) in [5.74, 6) is 0.888. The molecule has 1 aromatic heterocycles. The van der Waals surface area contributed by atoms with Gasteiger partial charge in [-0.05, 0) is 77.5 Å². The van der Waals surface area contributed by atoms with Gasteiger partial charge >= 0.3 is 0 Å². The summed E-state index contributed by atoms with van der Waals surface area (Å²) in [6, 6.07) is 12.9. The number of aryl methyl sites for hydroxylation is 1. The fourth-order valence-electron chi connectivity index (χ4n) is 4.66. The minimum atomic E-state index is -0.263. The summed E-state index contributed by atoms with van der Waals surface area (Å²) in [7, 11) is 1.91. The van der Waals surface area contributed by atoms with Gasteiger partial charge in [0.1, 0.15) is 12.4 Å². The van der Waals surface area contributed by atoms with E-state index in [0.29, 0.717) is 18.4 Å². The van der Waals surface area contributed by atoms with E-state index in [-0.39, 0.29) is 11.7 Å². The van der Waals surface area contributed by atoms with E-state index in [1.165, 1.54) is 12.1 Å². The van der Waals surface area contributed by atoms with Crippen LogP contribution in [0, 0.1) is 5.82 Å². The number of amides is 1. The van der Waals surface area contributed by atoms with Gasteiger partial charge in [-0.15, -0.1) is 5.10 Å². The molecule has 188 valence electrons. The lowest BCUT2D eigenvalue weighted by Crippen LogP contribution is -2.36. The van der Waals surface area contributed by atoms with Crippen molar-refractivity contribution in [3.63, 3.8) is 0 Å². The standard InChI is InChI=1S/C30H34FN3O2/c1-20-6-11-28(31)17-27(20)16-21(2)22(3)25-9-7-24(8-10-25)19-36-30-29(18-33(5)32-30)26-12-14-34(15-13-26)23(4)35/h6-11,16-18,26H,1,12-15,19H2,2-5H3/b22-21+,27-16-. The topological polar surface area (TPSA) is 47.4 Å². The van der Waals surface area contributed by atoms with Gasteiger partial charge in [0, 0.05) is 38.8 Å². The van der Waals surface area contributed by atoms with Crippen LogP contribution in [0.1, 0.15) is 56.2 Å². The summed E-state index contributed by atoms with van der Waals surface area (Å²) in [5, 5.41) is 6.14. The van der Waals surface area contributed by atoms with E-state index in [9.17, 15) is 9.18 Å². The van der Waals surface area contributed by atoms with Gasteiger partial charge in [-0.2, -0.15) is 0 Å². The highest BCUT2D eigenvalue weighted by atomic mass is 19.1. The number of hydrogen-bond donors (Lipinski definition) is 0. The molecule has 3 aromatic rings. The molecular formula is C30H34FN3O2. The Bertz CT molecular complexity index is 1380. The van der Waals surface area contributed by atoms with E-state index >= 15 is 0 Å². The number of ether oxygens (including phenoxy) is 1. The Balaban J connectivity index is 1.44. The van der Waals surface area contributed by atoms with Gasteiger partial charge in [-0.1, -0.05) is 43.0 Å². The van der Waals surface area contributed by atoms with Crippen LogP contribution in [-0.2, 0) is 18.4 Å². The minimum absolute atomic E-state index is 0.138. The molecular weight excluding hydrogens is 453 g/mol. The van der Waals surface area contributed by atoms with Crippen LogP contribution in [0.15, 0.2) is 54.2 Å². The first-order chi connectivity index (χ1) is 17.2. The predicted molar refractivity (Wildman–Crippen MR) is 142 cm³/mol. The van der Waals surface area contributed by atoms with Crippen molar-refractivity contribution in [2.45, 2.75) is 46.1 Å². The largest absolute Gasteiger partial charge is 0.472 e. The van der Waals surface area contributed by atoms with E-state index < -0.39 is 0 Å². The highest BCUT2D eigenvalue weighted by molar-refractivity contribution is 5.74. The number of hydrogen-bond acceptors (Lipinski definition) is 3. The van der Waals surface area contributed by atoms with Crippen molar-refractivity contribution < 1.29 is 13.9 Å². The zero-order valence-electron chi connectivity index (χ0n) is 21.6. The smallest absolute Gasteiger partial charge is 0.236 e. The monoisotopic (exact) mass is 487 g/mol. The maximum atomic E-state index is 13.6. The number of likely N-dealkylation sites (tertiary alicyclic amines) is 1. The van der Waals surface area contributed by atoms with E-state index in [1.54, 1.807) is 17.7 Å². The predicted octanol–water partition coefficient (Wildman–Crippen LogP) is 4.55. The van der Waals surface area contributed by atoms with Gasteiger partial charge in [-0.25, -0.2) is 4.39 Å². The molecule has 0 aliphatic carbocycles. The first-order valence-corrected chi connectivity index (χ1v) is 12.4. The summed E-state index contributed by atoms with van der Waals surface area (Å²) >= 11 is 0. The van der Waals surface area contributed by atoms with Gasteiger partial charge in [0.15, 0.2) is 0 Å². The van der Waals surface area contributed by atoms with Crippen LogP contribution < -0.4 is 15.2 Å². The molecule has 0 radical (unpaired) electrons. The second-order valence-electron chi connectivity index (χ2n) is 9.62. The van der Waals surface area contributed by atoms with E-state index in [2.05, 4.69) is 42.9 Å². The number of piperidine rings is 1. The minimum Gasteiger partial charge on any atom is -0.472 e. The Labute approximate surface area is 212 Å². The number of rotatable bonds is 6. The normalized spacial score (nSPS) is 15.7. The third-order valence-electron chi connectivity index (χ3n) is 7.04. The molecule has 6 heteroatoms. The second kappa shape index (κ2) is 10.9. The number of benzene rings is 2. The van der Waals surface area contributed by atoms with E-state index in [0.717, 1.165) is 64.2 Å². The summed E-state index contributed by atoms with van der Waals surface area (Å²) in [4.78, 5) is 13.6. The molecule has 0 bridgehead atoms. The lowest BCUT2D eigenvalue weighted by Gasteiger charge is -2.31. The van der Waals surface area contributed by atoms with Gasteiger partial charge in [0.05, 0.1) is 0 Å². The molecule has 2 heterocycles. The van der Waals surface area contributed by atoms with Crippen LogP contribution in [0.3, 0.4) is 0 Å².